The maximum Gasteiger partial charge on any atom is 0.423 e. The summed E-state index contributed by atoms with van der Waals surface area (Å²) in [6.45, 7) is 2.83. The van der Waals surface area contributed by atoms with E-state index in [9.17, 15) is 23.3 Å². The second-order valence-electron chi connectivity index (χ2n) is 6.36. The van der Waals surface area contributed by atoms with E-state index in [0.717, 1.165) is 17.7 Å². The first-order valence-electron chi connectivity index (χ1n) is 7.84. The highest BCUT2D eigenvalue weighted by Gasteiger charge is 2.40. The molecule has 0 saturated carbocycles. The number of nitro benzene ring substituents is 1. The molecule has 1 unspecified atom stereocenters. The fraction of sp³-hybridized carbons (Fsp3) is 0.438. The number of halogens is 3. The molecule has 0 amide bonds. The summed E-state index contributed by atoms with van der Waals surface area (Å²) in [7, 11) is 1.76. The van der Waals surface area contributed by atoms with E-state index in [1.54, 1.807) is 29.0 Å². The molecule has 1 aliphatic heterocycles. The molecule has 0 N–H and O–H groups in total. The Kier molecular flexibility index (Phi) is 4.39. The summed E-state index contributed by atoms with van der Waals surface area (Å²) >= 11 is 0. The van der Waals surface area contributed by atoms with Gasteiger partial charge in [0.1, 0.15) is 11.2 Å². The van der Waals surface area contributed by atoms with Crippen LogP contribution in [-0.4, -0.2) is 34.4 Å². The van der Waals surface area contributed by atoms with Crippen LogP contribution in [0.2, 0.25) is 0 Å². The summed E-state index contributed by atoms with van der Waals surface area (Å²) in [6.07, 6.45) is -1.36. The lowest BCUT2D eigenvalue weighted by atomic mass is 9.96. The zero-order valence-electron chi connectivity index (χ0n) is 14.2. The highest BCUT2D eigenvalue weighted by Crippen LogP contribution is 2.39. The lowest BCUT2D eigenvalue weighted by Crippen LogP contribution is -2.48. The molecule has 0 spiro atoms. The van der Waals surface area contributed by atoms with Crippen molar-refractivity contribution in [3.8, 4) is 0 Å². The highest BCUT2D eigenvalue weighted by atomic mass is 19.4. The smallest absolute Gasteiger partial charge is 0.367 e. The number of alkyl halides is 3. The molecule has 2 aromatic rings. The first kappa shape index (κ1) is 18.2. The van der Waals surface area contributed by atoms with Crippen molar-refractivity contribution in [2.24, 2.45) is 7.05 Å². The average molecular weight is 370 g/mol. The van der Waals surface area contributed by atoms with E-state index in [0.29, 0.717) is 19.7 Å². The third-order valence-corrected chi connectivity index (χ3v) is 4.44. The van der Waals surface area contributed by atoms with E-state index < -0.39 is 28.0 Å². The number of aryl methyl sites for hydroxylation is 1. The predicted octanol–water partition coefficient (Wildman–Crippen LogP) is 3.10. The summed E-state index contributed by atoms with van der Waals surface area (Å²) in [5.41, 5.74) is -1.88. The maximum absolute atomic E-state index is 13.2. The molecule has 1 aromatic carbocycles. The first-order valence-corrected chi connectivity index (χ1v) is 7.84. The summed E-state index contributed by atoms with van der Waals surface area (Å²) in [5, 5.41) is 15.0. The molecule has 1 aliphatic rings. The van der Waals surface area contributed by atoms with Crippen molar-refractivity contribution in [1.29, 1.82) is 0 Å². The number of hydrogen-bond acceptors (Lipinski definition) is 5. The lowest BCUT2D eigenvalue weighted by Gasteiger charge is -2.41. The monoisotopic (exact) mass is 370 g/mol. The topological polar surface area (TPSA) is 73.4 Å². The van der Waals surface area contributed by atoms with Gasteiger partial charge in [0.05, 0.1) is 24.3 Å². The molecule has 0 aliphatic carbocycles. The van der Waals surface area contributed by atoms with Gasteiger partial charge < -0.3 is 9.64 Å². The van der Waals surface area contributed by atoms with Crippen molar-refractivity contribution >= 4 is 11.4 Å². The Morgan fingerprint density at radius 1 is 1.38 bits per heavy atom. The van der Waals surface area contributed by atoms with Crippen LogP contribution < -0.4 is 4.90 Å². The van der Waals surface area contributed by atoms with Crippen molar-refractivity contribution in [2.75, 3.05) is 24.6 Å². The molecular formula is C16H17F3N4O3. The predicted molar refractivity (Wildman–Crippen MR) is 86.8 cm³/mol. The molecule has 7 nitrogen and oxygen atoms in total. The standard InChI is InChI=1S/C16H17F3N4O3/c1-15(11-8-20-21(2)9-11)10-22(5-6-26-15)12-3-4-14(23(24)25)13(7-12)16(17,18)19/h3-4,7-9H,5-6,10H2,1-2H3. The van der Waals surface area contributed by atoms with Crippen LogP contribution in [0, 0.1) is 10.1 Å². The Balaban J connectivity index is 1.95. The van der Waals surface area contributed by atoms with E-state index in [-0.39, 0.29) is 5.69 Å². The second kappa shape index (κ2) is 6.27. The number of nitrogens with zero attached hydrogens (tertiary/aromatic N) is 4. The van der Waals surface area contributed by atoms with Gasteiger partial charge >= 0.3 is 6.18 Å². The van der Waals surface area contributed by atoms with Crippen LogP contribution in [0.15, 0.2) is 30.6 Å². The molecule has 3 rings (SSSR count). The molecule has 26 heavy (non-hydrogen) atoms. The van der Waals surface area contributed by atoms with Gasteiger partial charge in [-0.1, -0.05) is 0 Å². The van der Waals surface area contributed by atoms with Gasteiger partial charge in [0.2, 0.25) is 0 Å². The van der Waals surface area contributed by atoms with Gasteiger partial charge in [-0.05, 0) is 19.1 Å². The normalized spacial score (nSPS) is 21.0. The zero-order valence-corrected chi connectivity index (χ0v) is 14.2. The molecule has 1 saturated heterocycles. The number of aromatic nitrogens is 2. The number of nitro groups is 1. The SMILES string of the molecule is Cn1cc(C2(C)CN(c3ccc([N+](=O)[O-])c(C(F)(F)F)c3)CCO2)cn1. The molecular weight excluding hydrogens is 353 g/mol. The number of rotatable bonds is 3. The van der Waals surface area contributed by atoms with Gasteiger partial charge in [0.15, 0.2) is 0 Å². The molecule has 10 heteroatoms. The molecule has 140 valence electrons. The maximum atomic E-state index is 13.2. The average Bonchev–Trinajstić information content (AvgIpc) is 3.01. The number of morpholine rings is 1. The van der Waals surface area contributed by atoms with Crippen LogP contribution >= 0.6 is 0 Å². The number of benzene rings is 1. The Hall–Kier alpha value is -2.62. The minimum absolute atomic E-state index is 0.265. The fourth-order valence-electron chi connectivity index (χ4n) is 3.07. The van der Waals surface area contributed by atoms with Crippen molar-refractivity contribution < 1.29 is 22.8 Å². The Morgan fingerprint density at radius 3 is 2.69 bits per heavy atom. The third kappa shape index (κ3) is 3.36. The van der Waals surface area contributed by atoms with Crippen molar-refractivity contribution in [1.82, 2.24) is 9.78 Å². The van der Waals surface area contributed by atoms with Crippen molar-refractivity contribution in [2.45, 2.75) is 18.7 Å². The first-order chi connectivity index (χ1) is 12.1. The van der Waals surface area contributed by atoms with Gasteiger partial charge in [-0.25, -0.2) is 0 Å². The van der Waals surface area contributed by atoms with Crippen molar-refractivity contribution in [3.05, 3.63) is 51.8 Å². The largest absolute Gasteiger partial charge is 0.423 e. The molecule has 1 fully saturated rings. The van der Waals surface area contributed by atoms with E-state index in [4.69, 9.17) is 4.74 Å². The summed E-state index contributed by atoms with van der Waals surface area (Å²) in [4.78, 5) is 11.6. The molecule has 1 atom stereocenters. The van der Waals surface area contributed by atoms with Gasteiger partial charge in [-0.2, -0.15) is 18.3 Å². The van der Waals surface area contributed by atoms with Crippen LogP contribution in [0.1, 0.15) is 18.1 Å². The van der Waals surface area contributed by atoms with Gasteiger partial charge in [-0.15, -0.1) is 0 Å². The van der Waals surface area contributed by atoms with E-state index in [1.165, 1.54) is 6.07 Å². The van der Waals surface area contributed by atoms with Crippen LogP contribution in [0.25, 0.3) is 0 Å². The number of anilines is 1. The van der Waals surface area contributed by atoms with Crippen LogP contribution in [-0.2, 0) is 23.6 Å². The quantitative estimate of drug-likeness (QED) is 0.613. The summed E-state index contributed by atoms with van der Waals surface area (Å²) in [6, 6.07) is 3.06. The minimum Gasteiger partial charge on any atom is -0.367 e. The van der Waals surface area contributed by atoms with Crippen LogP contribution in [0.4, 0.5) is 24.5 Å². The highest BCUT2D eigenvalue weighted by molar-refractivity contribution is 5.57. The molecule has 1 aromatic heterocycles. The van der Waals surface area contributed by atoms with E-state index in [2.05, 4.69) is 5.10 Å². The lowest BCUT2D eigenvalue weighted by molar-refractivity contribution is -0.388. The number of ether oxygens (including phenoxy) is 1. The second-order valence-corrected chi connectivity index (χ2v) is 6.36. The van der Waals surface area contributed by atoms with Gasteiger partial charge in [-0.3, -0.25) is 14.8 Å². The molecule has 0 radical (unpaired) electrons. The van der Waals surface area contributed by atoms with Crippen LogP contribution in [0.3, 0.4) is 0 Å². The van der Waals surface area contributed by atoms with Crippen molar-refractivity contribution in [3.63, 3.8) is 0 Å². The zero-order chi connectivity index (χ0) is 19.1. The summed E-state index contributed by atoms with van der Waals surface area (Å²) < 4.78 is 47.1. The van der Waals surface area contributed by atoms with Gasteiger partial charge in [0, 0.05) is 37.1 Å². The van der Waals surface area contributed by atoms with E-state index >= 15 is 0 Å². The third-order valence-electron chi connectivity index (χ3n) is 4.44. The Bertz CT molecular complexity index is 836. The molecule has 0 bridgehead atoms. The Labute approximate surface area is 147 Å². The molecule has 2 heterocycles. The number of hydrogen-bond donors (Lipinski definition) is 0. The Morgan fingerprint density at radius 2 is 2.12 bits per heavy atom. The minimum atomic E-state index is -4.81. The van der Waals surface area contributed by atoms with Crippen LogP contribution in [0.5, 0.6) is 0 Å². The van der Waals surface area contributed by atoms with E-state index in [1.807, 2.05) is 6.92 Å². The van der Waals surface area contributed by atoms with Gasteiger partial charge in [0.25, 0.3) is 5.69 Å². The fourth-order valence-corrected chi connectivity index (χ4v) is 3.07. The summed E-state index contributed by atoms with van der Waals surface area (Å²) in [5.74, 6) is 0.